The van der Waals surface area contributed by atoms with Crippen molar-refractivity contribution in [3.63, 3.8) is 0 Å². The molecule has 5 heteroatoms. The van der Waals surface area contributed by atoms with Gasteiger partial charge in [-0.15, -0.1) is 0 Å². The molecule has 1 amide bonds. The van der Waals surface area contributed by atoms with Crippen LogP contribution in [-0.2, 0) is 4.79 Å². The zero-order chi connectivity index (χ0) is 9.90. The summed E-state index contributed by atoms with van der Waals surface area (Å²) in [7, 11) is 0. The molecule has 1 rings (SSSR count). The molecule has 0 aromatic heterocycles. The van der Waals surface area contributed by atoms with E-state index in [4.69, 9.17) is 10.9 Å². The van der Waals surface area contributed by atoms with Crippen LogP contribution in [0.3, 0.4) is 0 Å². The third-order valence-corrected chi connectivity index (χ3v) is 2.47. The summed E-state index contributed by atoms with van der Waals surface area (Å²) in [5.41, 5.74) is 4.95. The summed E-state index contributed by atoms with van der Waals surface area (Å²) in [6.07, 6.45) is 3.50. The average molecular weight is 185 g/mol. The predicted octanol–water partition coefficient (Wildman–Crippen LogP) is 0.182. The van der Waals surface area contributed by atoms with Gasteiger partial charge in [0.2, 0.25) is 5.91 Å². The normalized spacial score (nSPS) is 21.5. The maximum Gasteiger partial charge on any atom is 0.217 e. The molecule has 5 nitrogen and oxygen atoms in total. The number of nitrogens with one attached hydrogen (secondary N) is 1. The number of nitrogens with two attached hydrogens (primary N) is 1. The number of nitrogens with zero attached hydrogens (tertiary/aromatic N) is 1. The zero-order valence-corrected chi connectivity index (χ0v) is 7.71. The molecule has 0 radical (unpaired) electrons. The first kappa shape index (κ1) is 9.83. The van der Waals surface area contributed by atoms with Gasteiger partial charge in [0.05, 0.1) is 0 Å². The van der Waals surface area contributed by atoms with Crippen LogP contribution in [0.4, 0.5) is 0 Å². The molecule has 74 valence electrons. The zero-order valence-electron chi connectivity index (χ0n) is 7.71. The van der Waals surface area contributed by atoms with Crippen molar-refractivity contribution in [3.05, 3.63) is 0 Å². The van der Waals surface area contributed by atoms with Crippen molar-refractivity contribution in [1.82, 2.24) is 5.32 Å². The van der Waals surface area contributed by atoms with Gasteiger partial charge in [0.25, 0.3) is 0 Å². The Morgan fingerprint density at radius 2 is 2.08 bits per heavy atom. The number of amides is 1. The summed E-state index contributed by atoms with van der Waals surface area (Å²) in [5, 5.41) is 14.3. The smallest absolute Gasteiger partial charge is 0.217 e. The second-order valence-corrected chi connectivity index (χ2v) is 3.46. The molecule has 0 heterocycles. The molecule has 13 heavy (non-hydrogen) atoms. The van der Waals surface area contributed by atoms with Crippen molar-refractivity contribution >= 4 is 11.7 Å². The van der Waals surface area contributed by atoms with E-state index >= 15 is 0 Å². The van der Waals surface area contributed by atoms with Crippen molar-refractivity contribution < 1.29 is 10.0 Å². The summed E-state index contributed by atoms with van der Waals surface area (Å²) in [5.74, 6) is -0.0336. The summed E-state index contributed by atoms with van der Waals surface area (Å²) in [4.78, 5) is 10.9. The third kappa shape index (κ3) is 1.91. The van der Waals surface area contributed by atoms with E-state index in [2.05, 4.69) is 10.5 Å². The Labute approximate surface area is 77.0 Å². The maximum atomic E-state index is 10.9. The van der Waals surface area contributed by atoms with Crippen LogP contribution < -0.4 is 11.1 Å². The summed E-state index contributed by atoms with van der Waals surface area (Å²) in [6.45, 7) is 1.44. The predicted molar refractivity (Wildman–Crippen MR) is 48.4 cm³/mol. The fourth-order valence-corrected chi connectivity index (χ4v) is 1.86. The quantitative estimate of drug-likeness (QED) is 0.248. The molecule has 0 bridgehead atoms. The first-order valence-corrected chi connectivity index (χ1v) is 4.37. The van der Waals surface area contributed by atoms with E-state index in [0.717, 1.165) is 25.7 Å². The van der Waals surface area contributed by atoms with Crippen LogP contribution in [0.5, 0.6) is 0 Å². The van der Waals surface area contributed by atoms with Gasteiger partial charge in [-0.25, -0.2) is 0 Å². The van der Waals surface area contributed by atoms with Crippen LogP contribution in [0.15, 0.2) is 5.16 Å². The Kier molecular flexibility index (Phi) is 2.75. The van der Waals surface area contributed by atoms with Gasteiger partial charge < -0.3 is 16.3 Å². The Morgan fingerprint density at radius 3 is 2.46 bits per heavy atom. The van der Waals surface area contributed by atoms with Crippen molar-refractivity contribution in [3.8, 4) is 0 Å². The molecule has 0 aromatic rings. The molecule has 0 saturated heterocycles. The average Bonchev–Trinajstić information content (AvgIpc) is 2.51. The van der Waals surface area contributed by atoms with Crippen molar-refractivity contribution in [1.29, 1.82) is 0 Å². The van der Waals surface area contributed by atoms with Gasteiger partial charge in [-0.05, 0) is 12.8 Å². The van der Waals surface area contributed by atoms with Gasteiger partial charge in [-0.3, -0.25) is 4.79 Å². The molecule has 4 N–H and O–H groups in total. The van der Waals surface area contributed by atoms with E-state index in [9.17, 15) is 4.79 Å². The van der Waals surface area contributed by atoms with Gasteiger partial charge in [0.1, 0.15) is 5.54 Å². The van der Waals surface area contributed by atoms with Gasteiger partial charge in [-0.1, -0.05) is 18.0 Å². The van der Waals surface area contributed by atoms with E-state index in [1.165, 1.54) is 6.92 Å². The van der Waals surface area contributed by atoms with E-state index in [0.29, 0.717) is 0 Å². The molecule has 1 saturated carbocycles. The molecular weight excluding hydrogens is 170 g/mol. The number of amidine groups is 1. The second kappa shape index (κ2) is 3.64. The van der Waals surface area contributed by atoms with Crippen molar-refractivity contribution in [2.75, 3.05) is 0 Å². The van der Waals surface area contributed by atoms with E-state index in [1.807, 2.05) is 0 Å². The fourth-order valence-electron chi connectivity index (χ4n) is 1.86. The number of carbonyl (C=O) groups excluding carboxylic acids is 1. The highest BCUT2D eigenvalue weighted by molar-refractivity contribution is 5.93. The molecule has 0 aliphatic heterocycles. The lowest BCUT2D eigenvalue weighted by Crippen LogP contribution is -2.55. The number of oxime groups is 1. The molecule has 0 atom stereocenters. The van der Waals surface area contributed by atoms with Gasteiger partial charge >= 0.3 is 0 Å². The van der Waals surface area contributed by atoms with Gasteiger partial charge in [0, 0.05) is 6.92 Å². The third-order valence-electron chi connectivity index (χ3n) is 2.47. The minimum absolute atomic E-state index is 0.111. The van der Waals surface area contributed by atoms with Crippen molar-refractivity contribution in [2.24, 2.45) is 10.9 Å². The van der Waals surface area contributed by atoms with Crippen LogP contribution >= 0.6 is 0 Å². The largest absolute Gasteiger partial charge is 0.409 e. The van der Waals surface area contributed by atoms with Crippen LogP contribution in [0, 0.1) is 0 Å². The van der Waals surface area contributed by atoms with E-state index in [-0.39, 0.29) is 11.7 Å². The van der Waals surface area contributed by atoms with Crippen LogP contribution in [0.25, 0.3) is 0 Å². The molecular formula is C8H15N3O2. The van der Waals surface area contributed by atoms with Gasteiger partial charge in [0.15, 0.2) is 5.84 Å². The molecule has 0 spiro atoms. The minimum atomic E-state index is -0.597. The molecule has 1 aliphatic rings. The Bertz CT molecular complexity index is 232. The Balaban J connectivity index is 2.80. The molecule has 1 aliphatic carbocycles. The maximum absolute atomic E-state index is 10.9. The lowest BCUT2D eigenvalue weighted by molar-refractivity contribution is -0.120. The summed E-state index contributed by atoms with van der Waals surface area (Å²) < 4.78 is 0. The fraction of sp³-hybridized carbons (Fsp3) is 0.750. The molecule has 0 unspecified atom stereocenters. The van der Waals surface area contributed by atoms with E-state index < -0.39 is 5.54 Å². The summed E-state index contributed by atoms with van der Waals surface area (Å²) >= 11 is 0. The van der Waals surface area contributed by atoms with Crippen molar-refractivity contribution in [2.45, 2.75) is 38.1 Å². The number of hydrogen-bond acceptors (Lipinski definition) is 3. The monoisotopic (exact) mass is 185 g/mol. The highest BCUT2D eigenvalue weighted by atomic mass is 16.4. The first-order valence-electron chi connectivity index (χ1n) is 4.37. The van der Waals surface area contributed by atoms with Crippen LogP contribution in [0.1, 0.15) is 32.6 Å². The molecule has 1 fully saturated rings. The highest BCUT2D eigenvalue weighted by Crippen LogP contribution is 2.29. The Morgan fingerprint density at radius 1 is 1.54 bits per heavy atom. The SMILES string of the molecule is CC(=O)NC1(C(N)=NO)CCCC1. The van der Waals surface area contributed by atoms with Crippen LogP contribution in [-0.4, -0.2) is 22.5 Å². The standard InChI is InChI=1S/C8H15N3O2/c1-6(12)10-8(7(9)11-13)4-2-3-5-8/h13H,2-5H2,1H3,(H2,9,11)(H,10,12). The number of carbonyl (C=O) groups is 1. The lowest BCUT2D eigenvalue weighted by atomic mass is 9.96. The topological polar surface area (TPSA) is 87.7 Å². The highest BCUT2D eigenvalue weighted by Gasteiger charge is 2.38. The lowest BCUT2D eigenvalue weighted by Gasteiger charge is -2.27. The number of rotatable bonds is 2. The number of hydrogen-bond donors (Lipinski definition) is 3. The molecule has 0 aromatic carbocycles. The first-order chi connectivity index (χ1) is 6.10. The van der Waals surface area contributed by atoms with E-state index in [1.54, 1.807) is 0 Å². The second-order valence-electron chi connectivity index (χ2n) is 3.46. The van der Waals surface area contributed by atoms with Gasteiger partial charge in [-0.2, -0.15) is 0 Å². The minimum Gasteiger partial charge on any atom is -0.409 e. The Hall–Kier alpha value is -1.26. The van der Waals surface area contributed by atoms with Crippen LogP contribution in [0.2, 0.25) is 0 Å². The summed E-state index contributed by atoms with van der Waals surface area (Å²) in [6, 6.07) is 0.